The van der Waals surface area contributed by atoms with Gasteiger partial charge in [0.2, 0.25) is 0 Å². The van der Waals surface area contributed by atoms with Crippen molar-refractivity contribution in [3.05, 3.63) is 73.6 Å². The first-order chi connectivity index (χ1) is 15.3. The number of benzene rings is 1. The maximum atomic E-state index is 13.0. The molecule has 0 aliphatic heterocycles. The van der Waals surface area contributed by atoms with Crippen LogP contribution in [0.4, 0.5) is 0 Å². The molecule has 9 nitrogen and oxygen atoms in total. The predicted molar refractivity (Wildman–Crippen MR) is 120 cm³/mol. The molecule has 0 aliphatic rings. The van der Waals surface area contributed by atoms with Crippen LogP contribution in [0.2, 0.25) is 0 Å². The summed E-state index contributed by atoms with van der Waals surface area (Å²) >= 11 is 0. The topological polar surface area (TPSA) is 123 Å². The van der Waals surface area contributed by atoms with Crippen LogP contribution in [0, 0.1) is 0 Å². The number of aromatic amines is 1. The highest BCUT2D eigenvalue weighted by molar-refractivity contribution is 6.05. The molecule has 0 radical (unpaired) electrons. The second kappa shape index (κ2) is 9.59. The molecule has 2 N–H and O–H groups in total. The van der Waals surface area contributed by atoms with Gasteiger partial charge in [0.25, 0.3) is 11.5 Å². The number of fused-ring (bicyclic) bond motifs is 1. The monoisotopic (exact) mass is 438 g/mol. The van der Waals surface area contributed by atoms with E-state index in [4.69, 9.17) is 0 Å². The Morgan fingerprint density at radius 3 is 2.47 bits per heavy atom. The summed E-state index contributed by atoms with van der Waals surface area (Å²) in [7, 11) is 1.32. The van der Waals surface area contributed by atoms with Crippen LogP contribution in [0.15, 0.2) is 39.9 Å². The Labute approximate surface area is 184 Å². The molecule has 0 bridgehead atoms. The number of carbonyl (C=O) groups excluding carboxylic acids is 2. The third-order valence-electron chi connectivity index (χ3n) is 5.20. The van der Waals surface area contributed by atoms with Crippen molar-refractivity contribution in [1.82, 2.24) is 19.9 Å². The third kappa shape index (κ3) is 4.61. The zero-order valence-electron chi connectivity index (χ0n) is 18.5. The molecule has 1 aromatic carbocycles. The van der Waals surface area contributed by atoms with E-state index in [0.29, 0.717) is 30.8 Å². The molecule has 0 atom stereocenters. The number of amides is 1. The first kappa shape index (κ1) is 22.9. The highest BCUT2D eigenvalue weighted by Crippen LogP contribution is 2.19. The molecule has 9 heteroatoms. The van der Waals surface area contributed by atoms with Crippen molar-refractivity contribution in [3.63, 3.8) is 0 Å². The van der Waals surface area contributed by atoms with E-state index in [0.717, 1.165) is 5.56 Å². The number of esters is 1. The highest BCUT2D eigenvalue weighted by Gasteiger charge is 2.20. The van der Waals surface area contributed by atoms with Crippen LogP contribution < -0.4 is 16.6 Å². The zero-order valence-corrected chi connectivity index (χ0v) is 18.5. The summed E-state index contributed by atoms with van der Waals surface area (Å²) < 4.78 is 6.03. The number of aryl methyl sites for hydroxylation is 1. The first-order valence-corrected chi connectivity index (χ1v) is 10.4. The standard InChI is InChI=1S/C23H26N4O5/c1-5-27-19-18(21(29)26-23(27)31)16(12-17(25-19)13(2)3)20(28)24-11-10-14-6-8-15(9-7-14)22(30)32-4/h6-9,12-13H,5,10-11H2,1-4H3,(H,24,28)(H,26,29,31). The Kier molecular flexibility index (Phi) is 6.87. The fourth-order valence-corrected chi connectivity index (χ4v) is 3.40. The summed E-state index contributed by atoms with van der Waals surface area (Å²) in [5.74, 6) is -0.831. The van der Waals surface area contributed by atoms with Crippen molar-refractivity contribution in [2.24, 2.45) is 0 Å². The molecular weight excluding hydrogens is 412 g/mol. The van der Waals surface area contributed by atoms with Crippen molar-refractivity contribution >= 4 is 22.9 Å². The van der Waals surface area contributed by atoms with Gasteiger partial charge in [-0.05, 0) is 43.0 Å². The van der Waals surface area contributed by atoms with Crippen LogP contribution in [-0.4, -0.2) is 40.1 Å². The molecule has 1 amide bonds. The Balaban J connectivity index is 1.88. The van der Waals surface area contributed by atoms with E-state index in [2.05, 4.69) is 20.0 Å². The molecule has 2 aromatic heterocycles. The number of methoxy groups -OCH3 is 1. The lowest BCUT2D eigenvalue weighted by atomic mass is 10.0. The second-order valence-electron chi connectivity index (χ2n) is 7.65. The van der Waals surface area contributed by atoms with Crippen LogP contribution >= 0.6 is 0 Å². The van der Waals surface area contributed by atoms with Gasteiger partial charge in [-0.1, -0.05) is 26.0 Å². The van der Waals surface area contributed by atoms with Gasteiger partial charge in [0.05, 0.1) is 23.6 Å². The van der Waals surface area contributed by atoms with E-state index in [-0.39, 0.29) is 22.5 Å². The van der Waals surface area contributed by atoms with Gasteiger partial charge >= 0.3 is 11.7 Å². The normalized spacial score (nSPS) is 11.0. The van der Waals surface area contributed by atoms with E-state index >= 15 is 0 Å². The lowest BCUT2D eigenvalue weighted by molar-refractivity contribution is 0.0600. The van der Waals surface area contributed by atoms with Crippen LogP contribution in [0.5, 0.6) is 0 Å². The molecule has 0 saturated heterocycles. The Morgan fingerprint density at radius 1 is 1.19 bits per heavy atom. The number of hydrogen-bond acceptors (Lipinski definition) is 6. The fourth-order valence-electron chi connectivity index (χ4n) is 3.40. The number of H-pyrrole nitrogens is 1. The molecule has 168 valence electrons. The molecular formula is C23H26N4O5. The van der Waals surface area contributed by atoms with Gasteiger partial charge < -0.3 is 10.1 Å². The Morgan fingerprint density at radius 2 is 1.88 bits per heavy atom. The van der Waals surface area contributed by atoms with Crippen molar-refractivity contribution in [2.45, 2.75) is 39.7 Å². The van der Waals surface area contributed by atoms with Crippen molar-refractivity contribution in [2.75, 3.05) is 13.7 Å². The van der Waals surface area contributed by atoms with Crippen LogP contribution in [-0.2, 0) is 17.7 Å². The van der Waals surface area contributed by atoms with E-state index < -0.39 is 23.1 Å². The van der Waals surface area contributed by atoms with Crippen LogP contribution in [0.1, 0.15) is 58.7 Å². The Bertz CT molecular complexity index is 1270. The summed E-state index contributed by atoms with van der Waals surface area (Å²) in [6.45, 7) is 6.25. The minimum atomic E-state index is -0.638. The summed E-state index contributed by atoms with van der Waals surface area (Å²) in [4.78, 5) is 56.0. The maximum Gasteiger partial charge on any atom is 0.337 e. The molecule has 3 aromatic rings. The van der Waals surface area contributed by atoms with Gasteiger partial charge in [-0.15, -0.1) is 0 Å². The van der Waals surface area contributed by atoms with Crippen LogP contribution in [0.3, 0.4) is 0 Å². The number of hydrogen-bond donors (Lipinski definition) is 2. The van der Waals surface area contributed by atoms with Gasteiger partial charge in [-0.3, -0.25) is 19.1 Å². The van der Waals surface area contributed by atoms with E-state index in [1.54, 1.807) is 37.3 Å². The van der Waals surface area contributed by atoms with Gasteiger partial charge in [-0.2, -0.15) is 0 Å². The Hall–Kier alpha value is -3.75. The number of aromatic nitrogens is 3. The molecule has 0 unspecified atom stereocenters. The highest BCUT2D eigenvalue weighted by atomic mass is 16.5. The first-order valence-electron chi connectivity index (χ1n) is 10.4. The third-order valence-corrected chi connectivity index (χ3v) is 5.20. The lowest BCUT2D eigenvalue weighted by Gasteiger charge is -2.14. The number of nitrogens with one attached hydrogen (secondary N) is 2. The average Bonchev–Trinajstić information content (AvgIpc) is 2.78. The van der Waals surface area contributed by atoms with E-state index in [1.165, 1.54) is 11.7 Å². The van der Waals surface area contributed by atoms with Crippen LogP contribution in [0.25, 0.3) is 11.0 Å². The molecule has 0 spiro atoms. The van der Waals surface area contributed by atoms with Crippen molar-refractivity contribution < 1.29 is 14.3 Å². The molecule has 0 fully saturated rings. The van der Waals surface area contributed by atoms with E-state index in [1.807, 2.05) is 13.8 Å². The number of carbonyl (C=O) groups is 2. The van der Waals surface area contributed by atoms with Crippen molar-refractivity contribution in [1.29, 1.82) is 0 Å². The summed E-state index contributed by atoms with van der Waals surface area (Å²) in [6.07, 6.45) is 0.531. The maximum absolute atomic E-state index is 13.0. The summed E-state index contributed by atoms with van der Waals surface area (Å²) in [6, 6.07) is 8.52. The van der Waals surface area contributed by atoms with E-state index in [9.17, 15) is 19.2 Å². The fraction of sp³-hybridized carbons (Fsp3) is 0.348. The molecule has 2 heterocycles. The average molecular weight is 438 g/mol. The zero-order chi connectivity index (χ0) is 23.4. The molecule has 0 aliphatic carbocycles. The van der Waals surface area contributed by atoms with Gasteiger partial charge in [-0.25, -0.2) is 14.6 Å². The molecule has 3 rings (SSSR count). The number of rotatable bonds is 7. The number of ether oxygens (including phenoxy) is 1. The molecule has 0 saturated carbocycles. The minimum Gasteiger partial charge on any atom is -0.465 e. The smallest absolute Gasteiger partial charge is 0.337 e. The SMILES string of the molecule is CCn1c(=O)[nH]c(=O)c2c(C(=O)NCCc3ccc(C(=O)OC)cc3)cc(C(C)C)nc21. The number of pyridine rings is 1. The quantitative estimate of drug-likeness (QED) is 0.544. The predicted octanol–water partition coefficient (Wildman–Crippen LogP) is 1.99. The molecule has 32 heavy (non-hydrogen) atoms. The van der Waals surface area contributed by atoms with Gasteiger partial charge in [0, 0.05) is 18.8 Å². The summed E-state index contributed by atoms with van der Waals surface area (Å²) in [5.41, 5.74) is 1.19. The van der Waals surface area contributed by atoms with Gasteiger partial charge in [0.1, 0.15) is 0 Å². The lowest BCUT2D eigenvalue weighted by Crippen LogP contribution is -2.33. The van der Waals surface area contributed by atoms with Crippen molar-refractivity contribution in [3.8, 4) is 0 Å². The second-order valence-corrected chi connectivity index (χ2v) is 7.65. The van der Waals surface area contributed by atoms with Gasteiger partial charge in [0.15, 0.2) is 5.65 Å². The summed E-state index contributed by atoms with van der Waals surface area (Å²) in [5, 5.41) is 2.93. The largest absolute Gasteiger partial charge is 0.465 e. The minimum absolute atomic E-state index is 0.000953. The number of nitrogens with zero attached hydrogens (tertiary/aromatic N) is 2.